The fourth-order valence-corrected chi connectivity index (χ4v) is 4.55. The number of hydrogen-bond donors (Lipinski definition) is 1. The molecule has 4 heteroatoms. The van der Waals surface area contributed by atoms with E-state index in [1.165, 1.54) is 27.0 Å². The first-order valence-corrected chi connectivity index (χ1v) is 9.15. The van der Waals surface area contributed by atoms with Crippen LogP contribution in [0.15, 0.2) is 41.8 Å². The van der Waals surface area contributed by atoms with E-state index in [0.717, 1.165) is 26.2 Å². The van der Waals surface area contributed by atoms with Gasteiger partial charge in [0.25, 0.3) is 0 Å². The lowest BCUT2D eigenvalue weighted by Crippen LogP contribution is -2.46. The topological polar surface area (TPSA) is 22.3 Å². The normalized spacial score (nSPS) is 18.5. The predicted molar refractivity (Wildman–Crippen MR) is 98.3 cm³/mol. The molecule has 0 amide bonds. The van der Waals surface area contributed by atoms with Gasteiger partial charge in [-0.15, -0.1) is 11.3 Å². The number of aromatic nitrogens is 1. The molecule has 0 radical (unpaired) electrons. The van der Waals surface area contributed by atoms with Gasteiger partial charge in [0.2, 0.25) is 0 Å². The maximum absolute atomic E-state index is 3.58. The van der Waals surface area contributed by atoms with Gasteiger partial charge in [-0.2, -0.15) is 0 Å². The van der Waals surface area contributed by atoms with Crippen LogP contribution < -0.4 is 0 Å². The summed E-state index contributed by atoms with van der Waals surface area (Å²) in [6.07, 6.45) is 0. The maximum atomic E-state index is 3.58. The number of likely N-dealkylation sites (N-methyl/N-ethyl adjacent to an activating group) is 1. The van der Waals surface area contributed by atoms with Crippen molar-refractivity contribution in [3.05, 3.63) is 57.9 Å². The van der Waals surface area contributed by atoms with E-state index < -0.39 is 0 Å². The Morgan fingerprint density at radius 2 is 1.83 bits per heavy atom. The number of thiophene rings is 1. The highest BCUT2D eigenvalue weighted by atomic mass is 32.1. The fraction of sp³-hybridized carbons (Fsp3) is 0.368. The Balaban J connectivity index is 1.83. The molecule has 0 aliphatic carbocycles. The zero-order chi connectivity index (χ0) is 15.8. The zero-order valence-electron chi connectivity index (χ0n) is 13.7. The number of piperazine rings is 1. The number of benzene rings is 1. The van der Waals surface area contributed by atoms with Crippen LogP contribution in [-0.4, -0.2) is 48.0 Å². The van der Waals surface area contributed by atoms with E-state index in [2.05, 4.69) is 70.5 Å². The van der Waals surface area contributed by atoms with Crippen molar-refractivity contribution in [2.45, 2.75) is 13.0 Å². The summed E-state index contributed by atoms with van der Waals surface area (Å²) in [6.45, 7) is 6.74. The number of aryl methyl sites for hydroxylation is 1. The Labute approximate surface area is 141 Å². The first-order valence-electron chi connectivity index (χ1n) is 8.27. The summed E-state index contributed by atoms with van der Waals surface area (Å²) < 4.78 is 0. The summed E-state index contributed by atoms with van der Waals surface area (Å²) in [5.41, 5.74) is 3.99. The maximum Gasteiger partial charge on any atom is 0.0720 e. The Hall–Kier alpha value is -1.62. The van der Waals surface area contributed by atoms with Gasteiger partial charge in [-0.1, -0.05) is 24.3 Å². The SMILES string of the molecule is Cc1[nH]c2ccccc2c1[C@@H](c1cccs1)N1CCN(C)CC1. The Morgan fingerprint density at radius 3 is 2.57 bits per heavy atom. The van der Waals surface area contributed by atoms with Crippen molar-refractivity contribution in [2.75, 3.05) is 33.2 Å². The molecule has 0 saturated carbocycles. The van der Waals surface area contributed by atoms with E-state index in [1.807, 2.05) is 11.3 Å². The van der Waals surface area contributed by atoms with Crippen LogP contribution in [-0.2, 0) is 0 Å². The molecular weight excluding hydrogens is 302 g/mol. The number of para-hydroxylation sites is 1. The molecule has 0 bridgehead atoms. The largest absolute Gasteiger partial charge is 0.358 e. The highest BCUT2D eigenvalue weighted by molar-refractivity contribution is 7.10. The van der Waals surface area contributed by atoms with Gasteiger partial charge in [-0.05, 0) is 31.5 Å². The van der Waals surface area contributed by atoms with Crippen molar-refractivity contribution in [1.82, 2.24) is 14.8 Å². The van der Waals surface area contributed by atoms with Gasteiger partial charge in [0, 0.05) is 53.2 Å². The summed E-state index contributed by atoms with van der Waals surface area (Å²) in [5, 5.41) is 3.56. The van der Waals surface area contributed by atoms with E-state index in [4.69, 9.17) is 0 Å². The molecule has 2 aromatic heterocycles. The van der Waals surface area contributed by atoms with Crippen LogP contribution in [0, 0.1) is 6.92 Å². The number of hydrogen-bond acceptors (Lipinski definition) is 3. The van der Waals surface area contributed by atoms with Crippen molar-refractivity contribution < 1.29 is 0 Å². The molecule has 4 rings (SSSR count). The number of fused-ring (bicyclic) bond motifs is 1. The number of rotatable bonds is 3. The van der Waals surface area contributed by atoms with Crippen LogP contribution in [0.5, 0.6) is 0 Å². The van der Waals surface area contributed by atoms with Gasteiger partial charge < -0.3 is 9.88 Å². The van der Waals surface area contributed by atoms with Gasteiger partial charge >= 0.3 is 0 Å². The molecule has 23 heavy (non-hydrogen) atoms. The lowest BCUT2D eigenvalue weighted by Gasteiger charge is -2.38. The first kappa shape index (κ1) is 14.9. The number of aromatic amines is 1. The lowest BCUT2D eigenvalue weighted by molar-refractivity contribution is 0.129. The van der Waals surface area contributed by atoms with E-state index in [1.54, 1.807) is 0 Å². The Kier molecular flexibility index (Phi) is 3.97. The second-order valence-electron chi connectivity index (χ2n) is 6.47. The van der Waals surface area contributed by atoms with Crippen LogP contribution in [0.2, 0.25) is 0 Å². The Bertz CT molecular complexity index is 782. The molecule has 0 unspecified atom stereocenters. The van der Waals surface area contributed by atoms with Crippen molar-refractivity contribution in [3.8, 4) is 0 Å². The molecule has 3 nitrogen and oxygen atoms in total. The molecule has 1 aliphatic rings. The van der Waals surface area contributed by atoms with Crippen molar-refractivity contribution in [2.24, 2.45) is 0 Å². The second kappa shape index (κ2) is 6.11. The minimum absolute atomic E-state index is 0.361. The van der Waals surface area contributed by atoms with E-state index in [-0.39, 0.29) is 0 Å². The third-order valence-corrected chi connectivity index (χ3v) is 5.86. The smallest absolute Gasteiger partial charge is 0.0720 e. The minimum atomic E-state index is 0.361. The predicted octanol–water partition coefficient (Wildman–Crippen LogP) is 3.87. The molecule has 1 aromatic carbocycles. The van der Waals surface area contributed by atoms with Crippen LogP contribution in [0.1, 0.15) is 22.2 Å². The van der Waals surface area contributed by atoms with E-state index in [9.17, 15) is 0 Å². The van der Waals surface area contributed by atoms with Gasteiger partial charge in [-0.25, -0.2) is 0 Å². The van der Waals surface area contributed by atoms with Crippen molar-refractivity contribution >= 4 is 22.2 Å². The molecule has 3 heterocycles. The third-order valence-electron chi connectivity index (χ3n) is 4.93. The van der Waals surface area contributed by atoms with Gasteiger partial charge in [0.15, 0.2) is 0 Å². The summed E-state index contributed by atoms with van der Waals surface area (Å²) in [6, 6.07) is 13.5. The third kappa shape index (κ3) is 2.71. The molecule has 1 fully saturated rings. The number of nitrogens with one attached hydrogen (secondary N) is 1. The zero-order valence-corrected chi connectivity index (χ0v) is 14.6. The highest BCUT2D eigenvalue weighted by Gasteiger charge is 2.29. The van der Waals surface area contributed by atoms with Gasteiger partial charge in [0.1, 0.15) is 0 Å². The standard InChI is InChI=1S/C19H23N3S/c1-14-18(15-6-3-4-7-16(15)20-14)19(17-8-5-13-23-17)22-11-9-21(2)10-12-22/h3-8,13,19-20H,9-12H2,1-2H3/t19-/m1/s1. The van der Waals surface area contributed by atoms with E-state index >= 15 is 0 Å². The fourth-order valence-electron chi connectivity index (χ4n) is 3.68. The molecule has 120 valence electrons. The number of nitrogens with zero attached hydrogens (tertiary/aromatic N) is 2. The summed E-state index contributed by atoms with van der Waals surface area (Å²) in [4.78, 5) is 10.1. The average Bonchev–Trinajstić information content (AvgIpc) is 3.18. The summed E-state index contributed by atoms with van der Waals surface area (Å²) in [7, 11) is 2.22. The Morgan fingerprint density at radius 1 is 1.04 bits per heavy atom. The summed E-state index contributed by atoms with van der Waals surface area (Å²) in [5.74, 6) is 0. The quantitative estimate of drug-likeness (QED) is 0.789. The number of H-pyrrole nitrogens is 1. The molecule has 1 aliphatic heterocycles. The molecule has 1 N–H and O–H groups in total. The summed E-state index contributed by atoms with van der Waals surface area (Å²) >= 11 is 1.87. The highest BCUT2D eigenvalue weighted by Crippen LogP contribution is 2.38. The van der Waals surface area contributed by atoms with E-state index in [0.29, 0.717) is 6.04 Å². The average molecular weight is 325 g/mol. The van der Waals surface area contributed by atoms with Crippen molar-refractivity contribution in [3.63, 3.8) is 0 Å². The van der Waals surface area contributed by atoms with Crippen LogP contribution in [0.25, 0.3) is 10.9 Å². The molecule has 1 atom stereocenters. The molecule has 0 spiro atoms. The lowest BCUT2D eigenvalue weighted by atomic mass is 9.99. The van der Waals surface area contributed by atoms with Crippen LogP contribution >= 0.6 is 11.3 Å². The van der Waals surface area contributed by atoms with Gasteiger partial charge in [-0.3, -0.25) is 4.90 Å². The van der Waals surface area contributed by atoms with Crippen LogP contribution in [0.3, 0.4) is 0 Å². The van der Waals surface area contributed by atoms with Crippen LogP contribution in [0.4, 0.5) is 0 Å². The molecule has 3 aromatic rings. The first-order chi connectivity index (χ1) is 11.2. The molecular formula is C19H23N3S. The second-order valence-corrected chi connectivity index (χ2v) is 7.45. The monoisotopic (exact) mass is 325 g/mol. The minimum Gasteiger partial charge on any atom is -0.358 e. The van der Waals surface area contributed by atoms with Gasteiger partial charge in [0.05, 0.1) is 6.04 Å². The van der Waals surface area contributed by atoms with Crippen molar-refractivity contribution in [1.29, 1.82) is 0 Å². The molecule has 1 saturated heterocycles.